The molecule has 2 rings (SSSR count). The van der Waals surface area contributed by atoms with Gasteiger partial charge in [0.15, 0.2) is 0 Å². The highest BCUT2D eigenvalue weighted by atomic mass is 79.9. The van der Waals surface area contributed by atoms with Crippen LogP contribution in [0.3, 0.4) is 0 Å². The molecular weight excluding hydrogens is 280 g/mol. The zero-order valence-corrected chi connectivity index (χ0v) is 11.3. The summed E-state index contributed by atoms with van der Waals surface area (Å²) in [6.45, 7) is 1.56. The van der Waals surface area contributed by atoms with Gasteiger partial charge in [-0.25, -0.2) is 0 Å². The highest BCUT2D eigenvalue weighted by Gasteiger charge is 2.19. The summed E-state index contributed by atoms with van der Waals surface area (Å²) in [7, 11) is 0. The van der Waals surface area contributed by atoms with E-state index in [1.807, 2.05) is 24.3 Å². The molecule has 1 amide bonds. The van der Waals surface area contributed by atoms with Crippen molar-refractivity contribution in [2.45, 2.75) is 31.8 Å². The second kappa shape index (κ2) is 6.17. The van der Waals surface area contributed by atoms with Gasteiger partial charge in [0.25, 0.3) is 0 Å². The average molecular weight is 297 g/mol. The minimum atomic E-state index is -0.000742. The van der Waals surface area contributed by atoms with E-state index in [1.54, 1.807) is 0 Å². The molecule has 1 aliphatic rings. The fourth-order valence-corrected chi connectivity index (χ4v) is 2.25. The Kier molecular flexibility index (Phi) is 4.57. The molecule has 4 heteroatoms. The first-order valence-electron chi connectivity index (χ1n) is 6.01. The lowest BCUT2D eigenvalue weighted by molar-refractivity contribution is -0.123. The van der Waals surface area contributed by atoms with Crippen molar-refractivity contribution in [2.75, 3.05) is 6.54 Å². The molecule has 1 fully saturated rings. The molecule has 0 saturated carbocycles. The van der Waals surface area contributed by atoms with Crippen molar-refractivity contribution in [3.8, 4) is 0 Å². The number of carbonyl (C=O) groups excluding carboxylic acids is 1. The topological polar surface area (TPSA) is 41.1 Å². The van der Waals surface area contributed by atoms with Gasteiger partial charge in [-0.3, -0.25) is 4.79 Å². The number of benzene rings is 1. The van der Waals surface area contributed by atoms with E-state index in [9.17, 15) is 4.79 Å². The SMILES string of the molecule is O=C(NCc1ccc(Br)cc1)[C@@H]1CCCCN1. The van der Waals surface area contributed by atoms with Crippen LogP contribution in [0.4, 0.5) is 0 Å². The van der Waals surface area contributed by atoms with Crippen LogP contribution in [0, 0.1) is 0 Å². The Hall–Kier alpha value is -0.870. The number of hydrogen-bond acceptors (Lipinski definition) is 2. The van der Waals surface area contributed by atoms with Crippen molar-refractivity contribution >= 4 is 21.8 Å². The van der Waals surface area contributed by atoms with Gasteiger partial charge in [0.1, 0.15) is 0 Å². The highest BCUT2D eigenvalue weighted by Crippen LogP contribution is 2.11. The maximum absolute atomic E-state index is 11.9. The van der Waals surface area contributed by atoms with Crippen LogP contribution in [0.25, 0.3) is 0 Å². The molecule has 17 heavy (non-hydrogen) atoms. The molecule has 1 aromatic rings. The molecule has 0 bridgehead atoms. The molecule has 0 unspecified atom stereocenters. The number of carbonyl (C=O) groups is 1. The number of nitrogens with one attached hydrogen (secondary N) is 2. The van der Waals surface area contributed by atoms with Crippen molar-refractivity contribution in [1.82, 2.24) is 10.6 Å². The van der Waals surface area contributed by atoms with E-state index in [4.69, 9.17) is 0 Å². The predicted molar refractivity (Wildman–Crippen MR) is 71.6 cm³/mol. The summed E-state index contributed by atoms with van der Waals surface area (Å²) < 4.78 is 1.06. The van der Waals surface area contributed by atoms with Crippen LogP contribution in [-0.4, -0.2) is 18.5 Å². The molecule has 0 radical (unpaired) electrons. The third-order valence-corrected chi connectivity index (χ3v) is 3.54. The first kappa shape index (κ1) is 12.6. The summed E-state index contributed by atoms with van der Waals surface area (Å²) in [6, 6.07) is 8.00. The van der Waals surface area contributed by atoms with Gasteiger partial charge in [-0.2, -0.15) is 0 Å². The van der Waals surface area contributed by atoms with Crippen LogP contribution < -0.4 is 10.6 Å². The van der Waals surface area contributed by atoms with Gasteiger partial charge < -0.3 is 10.6 Å². The van der Waals surface area contributed by atoms with Crippen LogP contribution in [0.15, 0.2) is 28.7 Å². The van der Waals surface area contributed by atoms with E-state index in [2.05, 4.69) is 26.6 Å². The Balaban J connectivity index is 1.81. The van der Waals surface area contributed by atoms with Gasteiger partial charge >= 0.3 is 0 Å². The van der Waals surface area contributed by atoms with Crippen LogP contribution in [-0.2, 0) is 11.3 Å². The number of rotatable bonds is 3. The molecule has 92 valence electrons. The smallest absolute Gasteiger partial charge is 0.237 e. The quantitative estimate of drug-likeness (QED) is 0.898. The van der Waals surface area contributed by atoms with Gasteiger partial charge in [-0.15, -0.1) is 0 Å². The van der Waals surface area contributed by atoms with Gasteiger partial charge in [-0.05, 0) is 37.1 Å². The summed E-state index contributed by atoms with van der Waals surface area (Å²) >= 11 is 3.39. The van der Waals surface area contributed by atoms with E-state index < -0.39 is 0 Å². The Morgan fingerprint density at radius 1 is 1.35 bits per heavy atom. The van der Waals surface area contributed by atoms with E-state index in [0.29, 0.717) is 6.54 Å². The summed E-state index contributed by atoms with van der Waals surface area (Å²) in [4.78, 5) is 11.9. The Bertz CT molecular complexity index is 372. The molecule has 0 aromatic heterocycles. The molecule has 1 saturated heterocycles. The molecule has 3 nitrogen and oxygen atoms in total. The van der Waals surface area contributed by atoms with E-state index in [-0.39, 0.29) is 11.9 Å². The van der Waals surface area contributed by atoms with Crippen LogP contribution in [0.1, 0.15) is 24.8 Å². The average Bonchev–Trinajstić information content (AvgIpc) is 2.39. The normalized spacial score (nSPS) is 19.9. The van der Waals surface area contributed by atoms with E-state index >= 15 is 0 Å². The van der Waals surface area contributed by atoms with Crippen molar-refractivity contribution in [3.63, 3.8) is 0 Å². The summed E-state index contributed by atoms with van der Waals surface area (Å²) in [5.74, 6) is 0.118. The highest BCUT2D eigenvalue weighted by molar-refractivity contribution is 9.10. The van der Waals surface area contributed by atoms with Crippen molar-refractivity contribution in [3.05, 3.63) is 34.3 Å². The fourth-order valence-electron chi connectivity index (χ4n) is 1.99. The summed E-state index contributed by atoms with van der Waals surface area (Å²) in [5, 5.41) is 6.22. The van der Waals surface area contributed by atoms with Crippen LogP contribution in [0.2, 0.25) is 0 Å². The molecule has 1 aromatic carbocycles. The zero-order chi connectivity index (χ0) is 12.1. The lowest BCUT2D eigenvalue weighted by Crippen LogP contribution is -2.46. The van der Waals surface area contributed by atoms with Crippen LogP contribution in [0.5, 0.6) is 0 Å². The minimum absolute atomic E-state index is 0.000742. The molecule has 0 aliphatic carbocycles. The predicted octanol–water partition coefficient (Wildman–Crippen LogP) is 2.21. The monoisotopic (exact) mass is 296 g/mol. The van der Waals surface area contributed by atoms with Gasteiger partial charge in [0, 0.05) is 11.0 Å². The molecule has 1 atom stereocenters. The second-order valence-corrected chi connectivity index (χ2v) is 5.26. The first-order valence-corrected chi connectivity index (χ1v) is 6.80. The minimum Gasteiger partial charge on any atom is -0.351 e. The lowest BCUT2D eigenvalue weighted by atomic mass is 10.0. The Morgan fingerprint density at radius 2 is 2.12 bits per heavy atom. The van der Waals surface area contributed by atoms with E-state index in [1.165, 1.54) is 6.42 Å². The maximum Gasteiger partial charge on any atom is 0.237 e. The van der Waals surface area contributed by atoms with Gasteiger partial charge in [0.2, 0.25) is 5.91 Å². The maximum atomic E-state index is 11.9. The van der Waals surface area contributed by atoms with Crippen molar-refractivity contribution < 1.29 is 4.79 Å². The zero-order valence-electron chi connectivity index (χ0n) is 9.71. The number of halogens is 1. The van der Waals surface area contributed by atoms with Gasteiger partial charge in [0.05, 0.1) is 6.04 Å². The van der Waals surface area contributed by atoms with Crippen LogP contribution >= 0.6 is 15.9 Å². The number of hydrogen-bond donors (Lipinski definition) is 2. The molecule has 1 aliphatic heterocycles. The van der Waals surface area contributed by atoms with E-state index in [0.717, 1.165) is 29.4 Å². The second-order valence-electron chi connectivity index (χ2n) is 4.35. The van der Waals surface area contributed by atoms with Crippen molar-refractivity contribution in [1.29, 1.82) is 0 Å². The van der Waals surface area contributed by atoms with Crippen molar-refractivity contribution in [2.24, 2.45) is 0 Å². The number of amides is 1. The first-order chi connectivity index (χ1) is 8.25. The number of piperidine rings is 1. The molecule has 2 N–H and O–H groups in total. The third kappa shape index (κ3) is 3.82. The molecule has 0 spiro atoms. The largest absolute Gasteiger partial charge is 0.351 e. The standard InChI is InChI=1S/C13H17BrN2O/c14-11-6-4-10(5-7-11)9-16-13(17)12-3-1-2-8-15-12/h4-7,12,15H,1-3,8-9H2,(H,16,17)/t12-/m0/s1. The summed E-state index contributed by atoms with van der Waals surface area (Å²) in [5.41, 5.74) is 1.12. The molecular formula is C13H17BrN2O. The fraction of sp³-hybridized carbons (Fsp3) is 0.462. The Labute approximate surface area is 110 Å². The Morgan fingerprint density at radius 3 is 2.76 bits per heavy atom. The third-order valence-electron chi connectivity index (χ3n) is 3.01. The summed E-state index contributed by atoms with van der Waals surface area (Å²) in [6.07, 6.45) is 3.27. The molecule has 1 heterocycles. The van der Waals surface area contributed by atoms with Gasteiger partial charge in [-0.1, -0.05) is 34.5 Å². The lowest BCUT2D eigenvalue weighted by Gasteiger charge is -2.22.